The van der Waals surface area contributed by atoms with Gasteiger partial charge in [0.05, 0.1) is 0 Å². The minimum atomic E-state index is 0.709. The smallest absolute Gasteiger partial charge is 0.00669 e. The van der Waals surface area contributed by atoms with Gasteiger partial charge >= 0.3 is 0 Å². The molecule has 9 atom stereocenters. The summed E-state index contributed by atoms with van der Waals surface area (Å²) in [6, 6.07) is 40.4. The molecular weight excluding hydrogens is 1150 g/mol. The van der Waals surface area contributed by atoms with Crippen LogP contribution in [0.1, 0.15) is 240 Å². The molecule has 16 rings (SSSR count). The zero-order chi connectivity index (χ0) is 68.4. The van der Waals surface area contributed by atoms with Gasteiger partial charge in [0, 0.05) is 0 Å². The van der Waals surface area contributed by atoms with E-state index in [1.165, 1.54) is 219 Å². The van der Waals surface area contributed by atoms with Crippen LogP contribution in [0.25, 0.3) is 24.3 Å². The van der Waals surface area contributed by atoms with Crippen molar-refractivity contribution in [2.24, 2.45) is 53.3 Å². The molecule has 0 amide bonds. The quantitative estimate of drug-likeness (QED) is 0.133. The van der Waals surface area contributed by atoms with Crippen LogP contribution in [-0.2, 0) is 51.4 Å². The van der Waals surface area contributed by atoms with Gasteiger partial charge in [0.15, 0.2) is 0 Å². The van der Waals surface area contributed by atoms with Gasteiger partial charge in [-0.25, -0.2) is 0 Å². The van der Waals surface area contributed by atoms with E-state index in [1.54, 1.807) is 5.57 Å². The van der Waals surface area contributed by atoms with Crippen molar-refractivity contribution >= 4 is 24.3 Å². The van der Waals surface area contributed by atoms with Gasteiger partial charge in [0.25, 0.3) is 0 Å². The van der Waals surface area contributed by atoms with E-state index in [0.717, 1.165) is 67.1 Å². The van der Waals surface area contributed by atoms with Crippen LogP contribution in [0.2, 0.25) is 0 Å². The maximum Gasteiger partial charge on any atom is -0.00669 e. The average molecular weight is 1280 g/mol. The lowest BCUT2D eigenvalue weighted by molar-refractivity contribution is 0.193. The summed E-state index contributed by atoms with van der Waals surface area (Å²) >= 11 is 0. The summed E-state index contributed by atoms with van der Waals surface area (Å²) in [6.07, 6.45) is 50.7. The van der Waals surface area contributed by atoms with Crippen molar-refractivity contribution in [1.82, 2.24) is 0 Å². The van der Waals surface area contributed by atoms with Crippen LogP contribution in [0.4, 0.5) is 0 Å². The highest BCUT2D eigenvalue weighted by atomic mass is 14.4. The zero-order valence-electron chi connectivity index (χ0n) is 62.9. The molecule has 10 aliphatic rings. The molecule has 10 aliphatic carbocycles. The summed E-state index contributed by atoms with van der Waals surface area (Å²) in [5.74, 6) is 8.09. The third-order valence-electron chi connectivity index (χ3n) is 22.1. The lowest BCUT2D eigenvalue weighted by Crippen LogP contribution is -2.26. The second-order valence-electron chi connectivity index (χ2n) is 32.2. The normalized spacial score (nSPS) is 24.0. The lowest BCUT2D eigenvalue weighted by atomic mass is 9.69. The lowest BCUT2D eigenvalue weighted by Gasteiger charge is -2.37. The Labute approximate surface area is 586 Å². The fourth-order valence-corrected chi connectivity index (χ4v) is 16.2. The molecule has 6 aromatic carbocycles. The van der Waals surface area contributed by atoms with Crippen LogP contribution in [0.3, 0.4) is 0 Å². The molecule has 0 radical (unpaired) electrons. The second kappa shape index (κ2) is 35.7. The highest BCUT2D eigenvalue weighted by molar-refractivity contribution is 5.61. The Morgan fingerprint density at radius 2 is 0.760 bits per heavy atom. The molecule has 0 heteroatoms. The minimum Gasteiger partial charge on any atom is -0.0854 e. The van der Waals surface area contributed by atoms with Gasteiger partial charge in [-0.15, -0.1) is 0 Å². The third kappa shape index (κ3) is 22.7. The maximum absolute atomic E-state index is 2.54. The van der Waals surface area contributed by atoms with Gasteiger partial charge < -0.3 is 0 Å². The first-order valence-electron chi connectivity index (χ1n) is 38.0. The van der Waals surface area contributed by atoms with Crippen molar-refractivity contribution in [1.29, 1.82) is 0 Å². The molecule has 0 heterocycles. The van der Waals surface area contributed by atoms with Crippen LogP contribution in [0, 0.1) is 94.8 Å². The Hall–Kier alpha value is -6.76. The van der Waals surface area contributed by atoms with E-state index in [1.807, 2.05) is 0 Å². The van der Waals surface area contributed by atoms with Crippen LogP contribution in [-0.4, -0.2) is 0 Å². The molecule has 6 aromatic rings. The number of benzene rings is 6. The topological polar surface area (TPSA) is 0 Å². The van der Waals surface area contributed by atoms with Gasteiger partial charge in [0.1, 0.15) is 0 Å². The predicted molar refractivity (Wildman–Crippen MR) is 423 cm³/mol. The Bertz CT molecular complexity index is 3620. The first-order chi connectivity index (χ1) is 46.0. The Kier molecular flexibility index (Phi) is 27.3. The van der Waals surface area contributed by atoms with Crippen molar-refractivity contribution in [2.75, 3.05) is 0 Å². The van der Waals surface area contributed by atoms with E-state index in [0.29, 0.717) is 11.8 Å². The van der Waals surface area contributed by atoms with E-state index >= 15 is 0 Å². The van der Waals surface area contributed by atoms with Crippen molar-refractivity contribution in [3.05, 3.63) is 280 Å². The second-order valence-corrected chi connectivity index (χ2v) is 32.2. The van der Waals surface area contributed by atoms with Crippen LogP contribution in [0.15, 0.2) is 180 Å². The van der Waals surface area contributed by atoms with Gasteiger partial charge in [-0.2, -0.15) is 0 Å². The molecule has 0 nitrogen and oxygen atoms in total. The number of rotatable bonds is 0. The summed E-state index contributed by atoms with van der Waals surface area (Å²) < 4.78 is 0. The van der Waals surface area contributed by atoms with Crippen molar-refractivity contribution in [3.8, 4) is 0 Å². The molecule has 2 saturated carbocycles. The summed E-state index contributed by atoms with van der Waals surface area (Å²) in [5.41, 5.74) is 33.8. The highest BCUT2D eigenvalue weighted by Gasteiger charge is 2.30. The Morgan fingerprint density at radius 1 is 0.312 bits per heavy atom. The number of fused-ring (bicyclic) bond motifs is 8. The Morgan fingerprint density at radius 3 is 1.26 bits per heavy atom. The molecule has 0 N–H and O–H groups in total. The van der Waals surface area contributed by atoms with Gasteiger partial charge in [-0.05, 0) is 305 Å². The summed E-state index contributed by atoms with van der Waals surface area (Å²) in [4.78, 5) is 0. The first-order valence-corrected chi connectivity index (χ1v) is 38.0. The molecule has 9 unspecified atom stereocenters. The standard InChI is InChI=1S/2C12H20.6C12H14/c8*1-9-3-5-12-8-10(2)4-6-11(12)7-9/h5,9-11H,3-4,6-8H2,1-2H3;3,5,9-12H,4,6-8H2,1-2H3;2*3,5,7-8H,4,6H2,1-2H3;2*3-5,7H,6,8H2,1-2H3;2*3-7,10H,8H2,1-2H3. The molecule has 2 fully saturated rings. The molecule has 0 saturated heterocycles. The summed E-state index contributed by atoms with van der Waals surface area (Å²) in [5, 5.41) is 0. The third-order valence-corrected chi connectivity index (χ3v) is 22.1. The average Bonchev–Trinajstić information content (AvgIpc) is 1.24. The van der Waals surface area contributed by atoms with Crippen LogP contribution in [0.5, 0.6) is 0 Å². The molecule has 0 aromatic heterocycles. The SMILES string of the molecule is CC1=CCc2cc(C)ccc2C1.CC1=CCc2cc(C)ccc2C1.CC1=Cc2ccc(C)cc2CC1.CC1=Cc2ccc(C)cc2CC1.CC1C=CC2CC(C)CCC2C1.CC1CCC2CC(C)CC=C2C1.Cc1ccc2c(c1)C=CC(C)C2.Cc1ccc2c(c1)C=CC(C)C2. The van der Waals surface area contributed by atoms with Crippen LogP contribution < -0.4 is 0 Å². The summed E-state index contributed by atoms with van der Waals surface area (Å²) in [6.45, 7) is 35.8. The molecule has 508 valence electrons. The van der Waals surface area contributed by atoms with E-state index < -0.39 is 0 Å². The monoisotopic (exact) mass is 1280 g/mol. The summed E-state index contributed by atoms with van der Waals surface area (Å²) in [7, 11) is 0. The minimum absolute atomic E-state index is 0.709. The number of hydrogen-bond acceptors (Lipinski definition) is 0. The van der Waals surface area contributed by atoms with Gasteiger partial charge in [-0.3, -0.25) is 0 Å². The van der Waals surface area contributed by atoms with Gasteiger partial charge in [-0.1, -0.05) is 285 Å². The number of aryl methyl sites for hydroxylation is 8. The van der Waals surface area contributed by atoms with Crippen LogP contribution >= 0.6 is 0 Å². The molecule has 0 bridgehead atoms. The predicted octanol–water partition coefficient (Wildman–Crippen LogP) is 26.6. The first kappa shape index (κ1) is 73.5. The van der Waals surface area contributed by atoms with Gasteiger partial charge in [0.2, 0.25) is 0 Å². The fourth-order valence-electron chi connectivity index (χ4n) is 16.2. The van der Waals surface area contributed by atoms with E-state index in [4.69, 9.17) is 0 Å². The van der Waals surface area contributed by atoms with E-state index in [-0.39, 0.29) is 0 Å². The zero-order valence-corrected chi connectivity index (χ0v) is 62.9. The van der Waals surface area contributed by atoms with E-state index in [2.05, 4.69) is 287 Å². The van der Waals surface area contributed by atoms with Crippen molar-refractivity contribution in [3.63, 3.8) is 0 Å². The number of allylic oxidation sites excluding steroid dienone is 12. The van der Waals surface area contributed by atoms with Crippen molar-refractivity contribution < 1.29 is 0 Å². The van der Waals surface area contributed by atoms with Crippen molar-refractivity contribution in [2.45, 2.75) is 233 Å². The molecule has 0 aliphatic heterocycles. The molecular formula is C96H124. The number of hydrogen-bond donors (Lipinski definition) is 0. The fraction of sp³-hybridized carbons (Fsp3) is 0.458. The largest absolute Gasteiger partial charge is 0.0854 e. The highest BCUT2D eigenvalue weighted by Crippen LogP contribution is 2.42. The van der Waals surface area contributed by atoms with E-state index in [9.17, 15) is 0 Å². The Balaban J connectivity index is 0.000000129. The molecule has 96 heavy (non-hydrogen) atoms. The molecule has 0 spiro atoms. The maximum atomic E-state index is 2.54.